The third-order valence-corrected chi connectivity index (χ3v) is 5.87. The van der Waals surface area contributed by atoms with Gasteiger partial charge in [0.05, 0.1) is 11.3 Å². The lowest BCUT2D eigenvalue weighted by Gasteiger charge is -2.31. The lowest BCUT2D eigenvalue weighted by molar-refractivity contribution is -0.121. The molecular weight excluding hydrogens is 458 g/mol. The van der Waals surface area contributed by atoms with Crippen LogP contribution in [0.4, 0.5) is 5.69 Å². The van der Waals surface area contributed by atoms with E-state index in [9.17, 15) is 14.4 Å². The van der Waals surface area contributed by atoms with Crippen LogP contribution < -0.4 is 10.6 Å². The third kappa shape index (κ3) is 6.17. The number of hydrogen-bond acceptors (Lipinski definition) is 3. The summed E-state index contributed by atoms with van der Waals surface area (Å²) in [5.41, 5.74) is 1.62. The summed E-state index contributed by atoms with van der Waals surface area (Å²) in [4.78, 5) is 39.8. The Kier molecular flexibility index (Phi) is 7.85. The first-order chi connectivity index (χ1) is 14.8. The quantitative estimate of drug-likeness (QED) is 0.638. The van der Waals surface area contributed by atoms with E-state index in [1.54, 1.807) is 41.3 Å². The van der Waals surface area contributed by atoms with Crippen molar-refractivity contribution in [3.8, 4) is 0 Å². The molecule has 164 valence electrons. The monoisotopic (exact) mass is 485 g/mol. The number of likely N-dealkylation sites (tertiary alicyclic amines) is 1. The topological polar surface area (TPSA) is 78.5 Å². The van der Waals surface area contributed by atoms with E-state index in [-0.39, 0.29) is 23.6 Å². The standard InChI is InChI=1S/C24H28BrN3O3/c1-16(2)15-26-23(30)20-5-3-4-6-21(20)27-22(29)17-11-13-28(14-12-17)24(31)18-7-9-19(25)10-8-18/h3-10,16-17H,11-15H2,1-2H3,(H,26,30)(H,27,29). The Morgan fingerprint density at radius 3 is 2.32 bits per heavy atom. The van der Waals surface area contributed by atoms with E-state index < -0.39 is 0 Å². The van der Waals surface area contributed by atoms with Gasteiger partial charge >= 0.3 is 0 Å². The Labute approximate surface area is 191 Å². The first-order valence-corrected chi connectivity index (χ1v) is 11.4. The Morgan fingerprint density at radius 2 is 1.68 bits per heavy atom. The highest BCUT2D eigenvalue weighted by atomic mass is 79.9. The van der Waals surface area contributed by atoms with Crippen molar-refractivity contribution >= 4 is 39.3 Å². The third-order valence-electron chi connectivity index (χ3n) is 5.34. The molecule has 31 heavy (non-hydrogen) atoms. The highest BCUT2D eigenvalue weighted by molar-refractivity contribution is 9.10. The van der Waals surface area contributed by atoms with Crippen molar-refractivity contribution < 1.29 is 14.4 Å². The first kappa shape index (κ1) is 23.0. The second-order valence-electron chi connectivity index (χ2n) is 8.21. The van der Waals surface area contributed by atoms with Gasteiger partial charge in [-0.25, -0.2) is 0 Å². The van der Waals surface area contributed by atoms with Gasteiger partial charge in [-0.1, -0.05) is 41.9 Å². The minimum Gasteiger partial charge on any atom is -0.352 e. The SMILES string of the molecule is CC(C)CNC(=O)c1ccccc1NC(=O)C1CCN(C(=O)c2ccc(Br)cc2)CC1. The maximum atomic E-state index is 12.8. The van der Waals surface area contributed by atoms with Gasteiger partial charge in [0.1, 0.15) is 0 Å². The molecule has 0 spiro atoms. The molecule has 3 rings (SSSR count). The van der Waals surface area contributed by atoms with E-state index >= 15 is 0 Å². The van der Waals surface area contributed by atoms with Crippen molar-refractivity contribution in [2.24, 2.45) is 11.8 Å². The lowest BCUT2D eigenvalue weighted by Crippen LogP contribution is -2.41. The highest BCUT2D eigenvalue weighted by Crippen LogP contribution is 2.23. The van der Waals surface area contributed by atoms with Gasteiger partial charge in [-0.15, -0.1) is 0 Å². The minimum atomic E-state index is -0.195. The minimum absolute atomic E-state index is 0.0153. The van der Waals surface area contributed by atoms with Crippen LogP contribution >= 0.6 is 15.9 Å². The number of anilines is 1. The van der Waals surface area contributed by atoms with Crippen molar-refractivity contribution in [1.29, 1.82) is 0 Å². The van der Waals surface area contributed by atoms with E-state index in [4.69, 9.17) is 0 Å². The molecule has 1 aliphatic heterocycles. The average Bonchev–Trinajstić information content (AvgIpc) is 2.78. The van der Waals surface area contributed by atoms with E-state index in [0.29, 0.717) is 55.2 Å². The molecule has 6 nitrogen and oxygen atoms in total. The number of amides is 3. The van der Waals surface area contributed by atoms with Gasteiger partial charge in [0.15, 0.2) is 0 Å². The second-order valence-corrected chi connectivity index (χ2v) is 9.13. The van der Waals surface area contributed by atoms with Crippen LogP contribution in [-0.2, 0) is 4.79 Å². The van der Waals surface area contributed by atoms with Gasteiger partial charge in [-0.2, -0.15) is 0 Å². The van der Waals surface area contributed by atoms with Gasteiger partial charge < -0.3 is 15.5 Å². The predicted octanol–water partition coefficient (Wildman–Crippen LogP) is 4.33. The largest absolute Gasteiger partial charge is 0.352 e. The zero-order chi connectivity index (χ0) is 22.4. The zero-order valence-corrected chi connectivity index (χ0v) is 19.4. The summed E-state index contributed by atoms with van der Waals surface area (Å²) in [5.74, 6) is -0.172. The summed E-state index contributed by atoms with van der Waals surface area (Å²) in [5, 5.41) is 5.81. The fourth-order valence-electron chi connectivity index (χ4n) is 3.54. The molecule has 0 aliphatic carbocycles. The number of hydrogen-bond donors (Lipinski definition) is 2. The molecule has 0 atom stereocenters. The molecule has 2 aromatic carbocycles. The molecule has 2 N–H and O–H groups in total. The van der Waals surface area contributed by atoms with E-state index in [2.05, 4.69) is 26.6 Å². The number of piperidine rings is 1. The molecule has 1 fully saturated rings. The predicted molar refractivity (Wildman–Crippen MR) is 125 cm³/mol. The zero-order valence-electron chi connectivity index (χ0n) is 17.9. The molecule has 1 aliphatic rings. The number of carbonyl (C=O) groups excluding carboxylic acids is 3. The number of para-hydroxylation sites is 1. The smallest absolute Gasteiger partial charge is 0.253 e. The number of halogens is 1. The Morgan fingerprint density at radius 1 is 1.03 bits per heavy atom. The van der Waals surface area contributed by atoms with Crippen LogP contribution in [0.5, 0.6) is 0 Å². The molecular formula is C24H28BrN3O3. The summed E-state index contributed by atoms with van der Waals surface area (Å²) in [6.45, 7) is 5.70. The van der Waals surface area contributed by atoms with Gasteiger partial charge in [0, 0.05) is 35.6 Å². The van der Waals surface area contributed by atoms with Crippen LogP contribution in [0.1, 0.15) is 47.4 Å². The van der Waals surface area contributed by atoms with E-state index in [0.717, 1.165) is 4.47 Å². The van der Waals surface area contributed by atoms with Crippen molar-refractivity contribution in [3.63, 3.8) is 0 Å². The van der Waals surface area contributed by atoms with Gasteiger partial charge in [-0.3, -0.25) is 14.4 Å². The fraction of sp³-hybridized carbons (Fsp3) is 0.375. The summed E-state index contributed by atoms with van der Waals surface area (Å²) in [6.07, 6.45) is 1.19. The average molecular weight is 486 g/mol. The molecule has 1 heterocycles. The van der Waals surface area contributed by atoms with Crippen LogP contribution in [0, 0.1) is 11.8 Å². The molecule has 1 saturated heterocycles. The van der Waals surface area contributed by atoms with Gasteiger partial charge in [0.2, 0.25) is 5.91 Å². The molecule has 0 unspecified atom stereocenters. The van der Waals surface area contributed by atoms with Crippen LogP contribution in [0.2, 0.25) is 0 Å². The van der Waals surface area contributed by atoms with Gasteiger partial charge in [-0.05, 0) is 55.2 Å². The van der Waals surface area contributed by atoms with E-state index in [1.807, 2.05) is 26.0 Å². The number of nitrogens with zero attached hydrogens (tertiary/aromatic N) is 1. The molecule has 0 aromatic heterocycles. The first-order valence-electron chi connectivity index (χ1n) is 10.6. The van der Waals surface area contributed by atoms with Crippen LogP contribution in [0.15, 0.2) is 53.0 Å². The van der Waals surface area contributed by atoms with Crippen LogP contribution in [-0.4, -0.2) is 42.3 Å². The summed E-state index contributed by atoms with van der Waals surface area (Å²) in [6, 6.07) is 14.3. The summed E-state index contributed by atoms with van der Waals surface area (Å²) >= 11 is 3.38. The molecule has 0 radical (unpaired) electrons. The van der Waals surface area contributed by atoms with Crippen molar-refractivity contribution in [2.45, 2.75) is 26.7 Å². The molecule has 2 aromatic rings. The maximum absolute atomic E-state index is 12.8. The molecule has 0 bridgehead atoms. The Balaban J connectivity index is 1.57. The van der Waals surface area contributed by atoms with Crippen LogP contribution in [0.25, 0.3) is 0 Å². The van der Waals surface area contributed by atoms with Crippen molar-refractivity contribution in [2.75, 3.05) is 25.0 Å². The second kappa shape index (κ2) is 10.6. The molecule has 0 saturated carbocycles. The molecule has 3 amide bonds. The summed E-state index contributed by atoms with van der Waals surface area (Å²) in [7, 11) is 0. The maximum Gasteiger partial charge on any atom is 0.253 e. The normalized spacial score (nSPS) is 14.4. The lowest BCUT2D eigenvalue weighted by atomic mass is 9.95. The Hall–Kier alpha value is -2.67. The van der Waals surface area contributed by atoms with Gasteiger partial charge in [0.25, 0.3) is 11.8 Å². The fourth-order valence-corrected chi connectivity index (χ4v) is 3.80. The number of rotatable bonds is 6. The van der Waals surface area contributed by atoms with Crippen molar-refractivity contribution in [1.82, 2.24) is 10.2 Å². The van der Waals surface area contributed by atoms with Crippen LogP contribution in [0.3, 0.4) is 0 Å². The Bertz CT molecular complexity index is 935. The summed E-state index contributed by atoms with van der Waals surface area (Å²) < 4.78 is 0.928. The highest BCUT2D eigenvalue weighted by Gasteiger charge is 2.28. The van der Waals surface area contributed by atoms with Crippen molar-refractivity contribution in [3.05, 3.63) is 64.1 Å². The molecule has 7 heteroatoms. The number of nitrogens with one attached hydrogen (secondary N) is 2. The number of benzene rings is 2. The number of carbonyl (C=O) groups is 3. The van der Waals surface area contributed by atoms with E-state index in [1.165, 1.54) is 0 Å².